The van der Waals surface area contributed by atoms with E-state index in [2.05, 4.69) is 55.2 Å². The quantitative estimate of drug-likeness (QED) is 0.364. The van der Waals surface area contributed by atoms with Gasteiger partial charge in [0.25, 0.3) is 0 Å². The van der Waals surface area contributed by atoms with Crippen LogP contribution in [0.4, 0.5) is 0 Å². The second kappa shape index (κ2) is 12.3. The van der Waals surface area contributed by atoms with Crippen LogP contribution in [0.3, 0.4) is 0 Å². The van der Waals surface area contributed by atoms with E-state index in [0.29, 0.717) is 19.1 Å². The van der Waals surface area contributed by atoms with Crippen LogP contribution in [0.5, 0.6) is 0 Å². The molecule has 1 rings (SSSR count). The number of nitrogens with zero attached hydrogens (tertiary/aromatic N) is 2. The first-order chi connectivity index (χ1) is 11.6. The summed E-state index contributed by atoms with van der Waals surface area (Å²) in [7, 11) is 0. The number of nitrogens with one attached hydrogen (secondary N) is 2. The molecule has 1 aromatic rings. The summed E-state index contributed by atoms with van der Waals surface area (Å²) in [6, 6.07) is 0. The Labute approximate surface area is 151 Å². The Kier molecular flexibility index (Phi) is 10.7. The highest BCUT2D eigenvalue weighted by molar-refractivity contribution is 7.11. The summed E-state index contributed by atoms with van der Waals surface area (Å²) in [5.41, 5.74) is 1.23. The van der Waals surface area contributed by atoms with Crippen molar-refractivity contribution in [3.8, 4) is 0 Å². The molecule has 0 fully saturated rings. The highest BCUT2D eigenvalue weighted by Gasteiger charge is 2.06. The lowest BCUT2D eigenvalue weighted by atomic mass is 10.1. The number of hydrogen-bond acceptors (Lipinski definition) is 4. The van der Waals surface area contributed by atoms with Gasteiger partial charge in [-0.25, -0.2) is 4.98 Å². The van der Waals surface area contributed by atoms with Crippen LogP contribution >= 0.6 is 11.3 Å². The molecule has 24 heavy (non-hydrogen) atoms. The largest absolute Gasteiger partial charge is 0.380 e. The minimum atomic E-state index is 0.675. The molecule has 2 N–H and O–H groups in total. The molecule has 0 saturated heterocycles. The standard InChI is InChI=1S/C18H34N4OS/c1-6-16-15(5)24-17(22-16)8-10-20-18(19-7-2)21-11-13-23-12-9-14(3)4/h14H,6-13H2,1-5H3,(H2,19,20,21). The number of aryl methyl sites for hydroxylation is 2. The Bertz CT molecular complexity index is 485. The van der Waals surface area contributed by atoms with Crippen molar-refractivity contribution >= 4 is 17.3 Å². The highest BCUT2D eigenvalue weighted by Crippen LogP contribution is 2.17. The van der Waals surface area contributed by atoms with E-state index in [1.54, 1.807) is 11.3 Å². The van der Waals surface area contributed by atoms with E-state index < -0.39 is 0 Å². The lowest BCUT2D eigenvalue weighted by molar-refractivity contribution is 0.130. The fourth-order valence-electron chi connectivity index (χ4n) is 2.20. The summed E-state index contributed by atoms with van der Waals surface area (Å²) < 4.78 is 5.60. The topological polar surface area (TPSA) is 58.5 Å². The van der Waals surface area contributed by atoms with Crippen LogP contribution in [0.1, 0.15) is 49.7 Å². The minimum Gasteiger partial charge on any atom is -0.380 e. The number of aliphatic imine (C=N–C) groups is 1. The first-order valence-electron chi connectivity index (χ1n) is 9.11. The predicted octanol–water partition coefficient (Wildman–Crippen LogP) is 3.17. The highest BCUT2D eigenvalue weighted by atomic mass is 32.1. The molecule has 0 unspecified atom stereocenters. The van der Waals surface area contributed by atoms with Crippen LogP contribution in [0, 0.1) is 12.8 Å². The molecule has 0 aromatic carbocycles. The first kappa shape index (κ1) is 20.9. The molecule has 0 atom stereocenters. The van der Waals surface area contributed by atoms with E-state index >= 15 is 0 Å². The van der Waals surface area contributed by atoms with Gasteiger partial charge < -0.3 is 15.4 Å². The monoisotopic (exact) mass is 354 g/mol. The van der Waals surface area contributed by atoms with Gasteiger partial charge in [0.15, 0.2) is 5.96 Å². The van der Waals surface area contributed by atoms with Crippen molar-refractivity contribution in [2.75, 3.05) is 32.8 Å². The van der Waals surface area contributed by atoms with Crippen LogP contribution in [0.25, 0.3) is 0 Å². The number of thiazole rings is 1. The maximum atomic E-state index is 5.60. The Morgan fingerprint density at radius 2 is 2.04 bits per heavy atom. The number of hydrogen-bond donors (Lipinski definition) is 2. The van der Waals surface area contributed by atoms with Gasteiger partial charge in [0.2, 0.25) is 0 Å². The van der Waals surface area contributed by atoms with E-state index in [0.717, 1.165) is 44.9 Å². The summed E-state index contributed by atoms with van der Waals surface area (Å²) in [4.78, 5) is 10.6. The molecule has 5 nitrogen and oxygen atoms in total. The van der Waals surface area contributed by atoms with Gasteiger partial charge >= 0.3 is 0 Å². The number of aromatic nitrogens is 1. The van der Waals surface area contributed by atoms with Gasteiger partial charge in [0, 0.05) is 31.0 Å². The van der Waals surface area contributed by atoms with Crippen molar-refractivity contribution in [3.05, 3.63) is 15.6 Å². The van der Waals surface area contributed by atoms with Gasteiger partial charge in [-0.05, 0) is 32.6 Å². The zero-order chi connectivity index (χ0) is 17.8. The molecule has 0 aliphatic carbocycles. The van der Waals surface area contributed by atoms with Crippen molar-refractivity contribution in [1.82, 2.24) is 15.6 Å². The summed E-state index contributed by atoms with van der Waals surface area (Å²) in [5, 5.41) is 7.85. The third-order valence-electron chi connectivity index (χ3n) is 3.59. The van der Waals surface area contributed by atoms with E-state index in [-0.39, 0.29) is 0 Å². The lowest BCUT2D eigenvalue weighted by Crippen LogP contribution is -2.38. The Morgan fingerprint density at radius 1 is 1.25 bits per heavy atom. The van der Waals surface area contributed by atoms with Gasteiger partial charge in [0.1, 0.15) is 0 Å². The molecule has 0 amide bonds. The molecule has 0 spiro atoms. The molecular weight excluding hydrogens is 320 g/mol. The maximum Gasteiger partial charge on any atom is 0.191 e. The van der Waals surface area contributed by atoms with Gasteiger partial charge in [0.05, 0.1) is 23.9 Å². The lowest BCUT2D eigenvalue weighted by Gasteiger charge is -2.11. The van der Waals surface area contributed by atoms with E-state index in [1.807, 2.05) is 0 Å². The first-order valence-corrected chi connectivity index (χ1v) is 9.93. The Morgan fingerprint density at radius 3 is 2.67 bits per heavy atom. The molecule has 0 saturated carbocycles. The van der Waals surface area contributed by atoms with Crippen molar-refractivity contribution in [2.45, 2.75) is 53.9 Å². The summed E-state index contributed by atoms with van der Waals surface area (Å²) in [5.74, 6) is 1.55. The van der Waals surface area contributed by atoms with Crippen LogP contribution in [0.15, 0.2) is 4.99 Å². The Hall–Kier alpha value is -1.14. The molecule has 1 heterocycles. The molecule has 6 heteroatoms. The summed E-state index contributed by atoms with van der Waals surface area (Å²) >= 11 is 1.80. The van der Waals surface area contributed by atoms with E-state index in [1.165, 1.54) is 15.6 Å². The zero-order valence-electron chi connectivity index (χ0n) is 15.9. The smallest absolute Gasteiger partial charge is 0.191 e. The van der Waals surface area contributed by atoms with Gasteiger partial charge in [-0.3, -0.25) is 4.99 Å². The normalized spacial score (nSPS) is 12.0. The third-order valence-corrected chi connectivity index (χ3v) is 4.67. The van der Waals surface area contributed by atoms with Gasteiger partial charge in [-0.1, -0.05) is 20.8 Å². The second-order valence-corrected chi connectivity index (χ2v) is 7.48. The number of guanidine groups is 1. The van der Waals surface area contributed by atoms with Crippen molar-refractivity contribution in [2.24, 2.45) is 10.9 Å². The van der Waals surface area contributed by atoms with Crippen LogP contribution in [-0.4, -0.2) is 43.8 Å². The van der Waals surface area contributed by atoms with Crippen LogP contribution in [-0.2, 0) is 17.6 Å². The minimum absolute atomic E-state index is 0.675. The summed E-state index contributed by atoms with van der Waals surface area (Å²) in [6.07, 6.45) is 3.05. The van der Waals surface area contributed by atoms with Crippen LogP contribution < -0.4 is 10.6 Å². The molecule has 0 bridgehead atoms. The zero-order valence-corrected chi connectivity index (χ0v) is 16.8. The Balaban J connectivity index is 2.29. The average Bonchev–Trinajstić information content (AvgIpc) is 2.90. The van der Waals surface area contributed by atoms with E-state index in [9.17, 15) is 0 Å². The molecule has 0 radical (unpaired) electrons. The van der Waals surface area contributed by atoms with Crippen LogP contribution in [0.2, 0.25) is 0 Å². The third kappa shape index (κ3) is 8.64. The molecular formula is C18H34N4OS. The molecule has 0 aliphatic heterocycles. The maximum absolute atomic E-state index is 5.60. The average molecular weight is 355 g/mol. The summed E-state index contributed by atoms with van der Waals surface area (Å²) in [6.45, 7) is 14.7. The second-order valence-electron chi connectivity index (χ2n) is 6.20. The SMILES string of the molecule is CCNC(=NCCOCCC(C)C)NCCc1nc(CC)c(C)s1. The molecule has 1 aromatic heterocycles. The van der Waals surface area contributed by atoms with Gasteiger partial charge in [-0.2, -0.15) is 0 Å². The number of ether oxygens (including phenoxy) is 1. The fraction of sp³-hybridized carbons (Fsp3) is 0.778. The van der Waals surface area contributed by atoms with Crippen molar-refractivity contribution in [3.63, 3.8) is 0 Å². The number of rotatable bonds is 11. The fourth-order valence-corrected chi connectivity index (χ4v) is 3.22. The molecule has 0 aliphatic rings. The van der Waals surface area contributed by atoms with Crippen molar-refractivity contribution < 1.29 is 4.74 Å². The van der Waals surface area contributed by atoms with Gasteiger partial charge in [-0.15, -0.1) is 11.3 Å². The van der Waals surface area contributed by atoms with E-state index in [4.69, 9.17) is 4.74 Å². The van der Waals surface area contributed by atoms with Crippen molar-refractivity contribution in [1.29, 1.82) is 0 Å². The predicted molar refractivity (Wildman–Crippen MR) is 104 cm³/mol. The molecule has 138 valence electrons.